The minimum Gasteiger partial charge on any atom is -0.330 e. The van der Waals surface area contributed by atoms with Crippen molar-refractivity contribution in [3.63, 3.8) is 0 Å². The fraction of sp³-hybridized carbons (Fsp3) is 0.571. The normalized spacial score (nSPS) is 26.9. The Morgan fingerprint density at radius 1 is 1.25 bits per heavy atom. The molecule has 88 valence electrons. The predicted molar refractivity (Wildman–Crippen MR) is 72.7 cm³/mol. The van der Waals surface area contributed by atoms with Crippen LogP contribution < -0.4 is 5.73 Å². The van der Waals surface area contributed by atoms with Crippen LogP contribution in [0.15, 0.2) is 16.6 Å². The van der Waals surface area contributed by atoms with Crippen molar-refractivity contribution in [3.8, 4) is 0 Å². The highest BCUT2D eigenvalue weighted by Crippen LogP contribution is 2.64. The smallest absolute Gasteiger partial charge is 0.0233 e. The van der Waals surface area contributed by atoms with Crippen LogP contribution in [0, 0.1) is 25.2 Å². The van der Waals surface area contributed by atoms with Crippen molar-refractivity contribution < 1.29 is 0 Å². The quantitative estimate of drug-likeness (QED) is 0.878. The molecule has 1 fully saturated rings. The van der Waals surface area contributed by atoms with Crippen molar-refractivity contribution in [2.45, 2.75) is 33.6 Å². The first kappa shape index (κ1) is 12.1. The van der Waals surface area contributed by atoms with E-state index in [9.17, 15) is 0 Å². The first-order valence-electron chi connectivity index (χ1n) is 5.86. The highest BCUT2D eigenvalue weighted by molar-refractivity contribution is 9.10. The van der Waals surface area contributed by atoms with Gasteiger partial charge in [-0.05, 0) is 54.3 Å². The number of nitrogens with two attached hydrogens (primary N) is 1. The van der Waals surface area contributed by atoms with Crippen LogP contribution in [0.1, 0.15) is 36.5 Å². The van der Waals surface area contributed by atoms with E-state index in [2.05, 4.69) is 55.8 Å². The van der Waals surface area contributed by atoms with Crippen LogP contribution in [0.4, 0.5) is 0 Å². The molecule has 2 heteroatoms. The summed E-state index contributed by atoms with van der Waals surface area (Å²) in [6.07, 6.45) is 0. The summed E-state index contributed by atoms with van der Waals surface area (Å²) in [5.74, 6) is 1.29. The molecule has 0 heterocycles. The second-order valence-electron chi connectivity index (χ2n) is 5.61. The lowest BCUT2D eigenvalue weighted by molar-refractivity contribution is 0.558. The summed E-state index contributed by atoms with van der Waals surface area (Å²) in [6.45, 7) is 9.76. The number of aryl methyl sites for hydroxylation is 2. The number of benzene rings is 1. The first-order chi connectivity index (χ1) is 7.39. The van der Waals surface area contributed by atoms with Gasteiger partial charge in [0.1, 0.15) is 0 Å². The van der Waals surface area contributed by atoms with Crippen LogP contribution in [0.2, 0.25) is 0 Å². The summed E-state index contributed by atoms with van der Waals surface area (Å²) in [6, 6.07) is 4.61. The molecule has 0 bridgehead atoms. The molecule has 1 aliphatic carbocycles. The minimum absolute atomic E-state index is 0.376. The third-order valence-electron chi connectivity index (χ3n) is 4.12. The van der Waals surface area contributed by atoms with Gasteiger partial charge in [0.15, 0.2) is 0 Å². The lowest BCUT2D eigenvalue weighted by atomic mass is 9.99. The number of hydrogen-bond donors (Lipinski definition) is 1. The average molecular weight is 282 g/mol. The lowest BCUT2D eigenvalue weighted by Gasteiger charge is -2.09. The molecule has 2 atom stereocenters. The number of rotatable bonds is 2. The summed E-state index contributed by atoms with van der Waals surface area (Å²) in [4.78, 5) is 0. The first-order valence-corrected chi connectivity index (χ1v) is 6.65. The molecule has 1 aromatic rings. The zero-order valence-corrected chi connectivity index (χ0v) is 12.1. The van der Waals surface area contributed by atoms with Crippen molar-refractivity contribution in [2.24, 2.45) is 17.1 Å². The van der Waals surface area contributed by atoms with Gasteiger partial charge in [-0.1, -0.05) is 41.9 Å². The standard InChI is InChI=1S/C14H20BrN/c1-8-5-10(6-9(2)13(8)15)12-11(7-16)14(12,3)4/h5-6,11-12H,7,16H2,1-4H3/t11-,12-/m1/s1. The van der Waals surface area contributed by atoms with Crippen LogP contribution in [0.25, 0.3) is 0 Å². The van der Waals surface area contributed by atoms with E-state index in [1.807, 2.05) is 0 Å². The van der Waals surface area contributed by atoms with E-state index in [1.54, 1.807) is 0 Å². The van der Waals surface area contributed by atoms with Crippen LogP contribution in [0.5, 0.6) is 0 Å². The van der Waals surface area contributed by atoms with Gasteiger partial charge >= 0.3 is 0 Å². The van der Waals surface area contributed by atoms with Crippen LogP contribution in [0.3, 0.4) is 0 Å². The Hall–Kier alpha value is -0.340. The molecule has 16 heavy (non-hydrogen) atoms. The van der Waals surface area contributed by atoms with Gasteiger partial charge in [-0.15, -0.1) is 0 Å². The highest BCUT2D eigenvalue weighted by atomic mass is 79.9. The Kier molecular flexibility index (Phi) is 2.92. The second kappa shape index (κ2) is 3.85. The Morgan fingerprint density at radius 2 is 1.75 bits per heavy atom. The monoisotopic (exact) mass is 281 g/mol. The van der Waals surface area contributed by atoms with Gasteiger partial charge in [0, 0.05) is 4.47 Å². The lowest BCUT2D eigenvalue weighted by Crippen LogP contribution is -2.05. The number of hydrogen-bond acceptors (Lipinski definition) is 1. The SMILES string of the molecule is Cc1cc([C@@H]2[C@@H](CN)C2(C)C)cc(C)c1Br. The Balaban J connectivity index is 2.37. The molecular formula is C14H20BrN. The molecule has 0 unspecified atom stereocenters. The Morgan fingerprint density at radius 3 is 2.12 bits per heavy atom. The zero-order valence-electron chi connectivity index (χ0n) is 10.5. The van der Waals surface area contributed by atoms with Gasteiger partial charge in [-0.2, -0.15) is 0 Å². The van der Waals surface area contributed by atoms with Crippen molar-refractivity contribution in [3.05, 3.63) is 33.3 Å². The van der Waals surface area contributed by atoms with Gasteiger partial charge in [0.25, 0.3) is 0 Å². The topological polar surface area (TPSA) is 26.0 Å². The van der Waals surface area contributed by atoms with E-state index < -0.39 is 0 Å². The van der Waals surface area contributed by atoms with E-state index in [0.717, 1.165) is 6.54 Å². The zero-order chi connectivity index (χ0) is 12.1. The predicted octanol–water partition coefficient (Wildman–Crippen LogP) is 3.76. The van der Waals surface area contributed by atoms with Crippen molar-refractivity contribution in [1.29, 1.82) is 0 Å². The Labute approximate surface area is 107 Å². The van der Waals surface area contributed by atoms with Gasteiger partial charge in [0.05, 0.1) is 0 Å². The molecule has 0 saturated heterocycles. The molecule has 0 amide bonds. The fourth-order valence-electron chi connectivity index (χ4n) is 3.00. The summed E-state index contributed by atoms with van der Waals surface area (Å²) >= 11 is 3.62. The van der Waals surface area contributed by atoms with E-state index >= 15 is 0 Å². The van der Waals surface area contributed by atoms with E-state index in [4.69, 9.17) is 5.73 Å². The molecule has 1 aliphatic rings. The molecular weight excluding hydrogens is 262 g/mol. The summed E-state index contributed by atoms with van der Waals surface area (Å²) in [5, 5.41) is 0. The third kappa shape index (κ3) is 1.72. The summed E-state index contributed by atoms with van der Waals surface area (Å²) in [5.41, 5.74) is 10.3. The Bertz CT molecular complexity index is 400. The van der Waals surface area contributed by atoms with Gasteiger partial charge in [0.2, 0.25) is 0 Å². The van der Waals surface area contributed by atoms with Gasteiger partial charge in [-0.25, -0.2) is 0 Å². The molecule has 0 spiro atoms. The molecule has 0 aliphatic heterocycles. The minimum atomic E-state index is 0.376. The van der Waals surface area contributed by atoms with Crippen molar-refractivity contribution in [1.82, 2.24) is 0 Å². The average Bonchev–Trinajstić information content (AvgIpc) is 2.76. The molecule has 0 aromatic heterocycles. The molecule has 1 aromatic carbocycles. The molecule has 1 nitrogen and oxygen atoms in total. The second-order valence-corrected chi connectivity index (χ2v) is 6.40. The van der Waals surface area contributed by atoms with Gasteiger partial charge in [-0.3, -0.25) is 0 Å². The number of halogens is 1. The maximum absolute atomic E-state index is 5.83. The summed E-state index contributed by atoms with van der Waals surface area (Å²) < 4.78 is 1.24. The van der Waals surface area contributed by atoms with Gasteiger partial charge < -0.3 is 5.73 Å². The van der Waals surface area contributed by atoms with Crippen LogP contribution >= 0.6 is 15.9 Å². The molecule has 2 rings (SSSR count). The maximum Gasteiger partial charge on any atom is 0.0233 e. The van der Waals surface area contributed by atoms with E-state index in [0.29, 0.717) is 17.3 Å². The maximum atomic E-state index is 5.83. The molecule has 1 saturated carbocycles. The van der Waals surface area contributed by atoms with E-state index in [-0.39, 0.29) is 0 Å². The van der Waals surface area contributed by atoms with Crippen LogP contribution in [-0.4, -0.2) is 6.54 Å². The van der Waals surface area contributed by atoms with Crippen molar-refractivity contribution in [2.75, 3.05) is 6.54 Å². The summed E-state index contributed by atoms with van der Waals surface area (Å²) in [7, 11) is 0. The van der Waals surface area contributed by atoms with Crippen molar-refractivity contribution >= 4 is 15.9 Å². The van der Waals surface area contributed by atoms with Crippen LogP contribution in [-0.2, 0) is 0 Å². The largest absolute Gasteiger partial charge is 0.330 e. The molecule has 2 N–H and O–H groups in total. The highest BCUT2D eigenvalue weighted by Gasteiger charge is 2.57. The molecule has 0 radical (unpaired) electrons. The fourth-order valence-corrected chi connectivity index (χ4v) is 3.23. The third-order valence-corrected chi connectivity index (χ3v) is 5.37. The van der Waals surface area contributed by atoms with E-state index in [1.165, 1.54) is 21.2 Å².